The lowest BCUT2D eigenvalue weighted by molar-refractivity contribution is 0.101. The molecule has 2 heterocycles. The molecule has 3 N–H and O–H groups in total. The molecular formula is C18H12FNO4. The zero-order chi connectivity index (χ0) is 17.0. The summed E-state index contributed by atoms with van der Waals surface area (Å²) in [5.74, 6) is -1.34. The second-order valence-electron chi connectivity index (χ2n) is 5.63. The zero-order valence-corrected chi connectivity index (χ0v) is 12.6. The number of rotatable bonds is 1. The van der Waals surface area contributed by atoms with Gasteiger partial charge in [-0.1, -0.05) is 0 Å². The van der Waals surface area contributed by atoms with E-state index < -0.39 is 5.78 Å². The first-order valence-electron chi connectivity index (χ1n) is 7.22. The number of phenolic OH excluding ortho intramolecular Hbond substituents is 2. The van der Waals surface area contributed by atoms with E-state index in [1.165, 1.54) is 24.3 Å². The van der Waals surface area contributed by atoms with Gasteiger partial charge >= 0.3 is 0 Å². The highest BCUT2D eigenvalue weighted by molar-refractivity contribution is 6.16. The summed E-state index contributed by atoms with van der Waals surface area (Å²) in [5, 5.41) is 20.0. The number of allylic oxidation sites excluding steroid dienone is 1. The molecule has 4 rings (SSSR count). The first-order chi connectivity index (χ1) is 11.4. The van der Waals surface area contributed by atoms with Crippen LogP contribution in [0.4, 0.5) is 4.39 Å². The second kappa shape index (κ2) is 4.86. The van der Waals surface area contributed by atoms with E-state index in [0.29, 0.717) is 10.9 Å². The van der Waals surface area contributed by atoms with Crippen LogP contribution < -0.4 is 4.74 Å². The maximum Gasteiger partial charge on any atom is 0.235 e. The maximum absolute atomic E-state index is 13.5. The van der Waals surface area contributed by atoms with Gasteiger partial charge in [0.2, 0.25) is 5.78 Å². The second-order valence-corrected chi connectivity index (χ2v) is 5.63. The van der Waals surface area contributed by atoms with Gasteiger partial charge in [-0.05, 0) is 31.2 Å². The number of ketones is 1. The normalized spacial score (nSPS) is 15.1. The van der Waals surface area contributed by atoms with E-state index in [1.807, 2.05) is 0 Å². The number of nitrogens with one attached hydrogen (secondary N) is 1. The molecule has 0 saturated heterocycles. The van der Waals surface area contributed by atoms with Crippen LogP contribution in [0.2, 0.25) is 0 Å². The van der Waals surface area contributed by atoms with E-state index in [0.717, 1.165) is 17.3 Å². The Balaban J connectivity index is 1.86. The van der Waals surface area contributed by atoms with Gasteiger partial charge in [0.05, 0.1) is 0 Å². The van der Waals surface area contributed by atoms with Crippen molar-refractivity contribution in [3.63, 3.8) is 0 Å². The topological polar surface area (TPSA) is 82.6 Å². The molecule has 120 valence electrons. The lowest BCUT2D eigenvalue weighted by atomic mass is 10.1. The molecule has 1 aliphatic rings. The SMILES string of the molecule is Cc1[nH]c2ccc(F)cc2c1/C=C1/Oc2cc(O)cc(O)c2C1=O. The summed E-state index contributed by atoms with van der Waals surface area (Å²) in [6.45, 7) is 1.81. The summed E-state index contributed by atoms with van der Waals surface area (Å²) in [4.78, 5) is 15.6. The molecule has 0 aliphatic carbocycles. The van der Waals surface area contributed by atoms with E-state index in [1.54, 1.807) is 13.0 Å². The summed E-state index contributed by atoms with van der Waals surface area (Å²) >= 11 is 0. The third-order valence-electron chi connectivity index (χ3n) is 4.01. The monoisotopic (exact) mass is 325 g/mol. The van der Waals surface area contributed by atoms with Crippen molar-refractivity contribution < 1.29 is 24.1 Å². The average Bonchev–Trinajstić information content (AvgIpc) is 2.98. The number of fused-ring (bicyclic) bond motifs is 2. The Labute approximate surface area is 135 Å². The van der Waals surface area contributed by atoms with E-state index in [-0.39, 0.29) is 34.4 Å². The highest BCUT2D eigenvalue weighted by atomic mass is 19.1. The molecule has 0 radical (unpaired) electrons. The Morgan fingerprint density at radius 3 is 2.79 bits per heavy atom. The summed E-state index contributed by atoms with van der Waals surface area (Å²) in [6, 6.07) is 6.69. The number of aromatic hydroxyl groups is 2. The largest absolute Gasteiger partial charge is 0.508 e. The van der Waals surface area contributed by atoms with Crippen molar-refractivity contribution in [1.82, 2.24) is 4.98 Å². The van der Waals surface area contributed by atoms with Gasteiger partial charge in [0.15, 0.2) is 5.76 Å². The number of Topliss-reactive ketones (excluding diaryl/α,β-unsaturated/α-hetero) is 1. The van der Waals surface area contributed by atoms with Crippen LogP contribution in [0.3, 0.4) is 0 Å². The smallest absolute Gasteiger partial charge is 0.235 e. The highest BCUT2D eigenvalue weighted by Gasteiger charge is 2.31. The van der Waals surface area contributed by atoms with Crippen LogP contribution in [0.25, 0.3) is 17.0 Å². The molecule has 2 aromatic carbocycles. The van der Waals surface area contributed by atoms with Gasteiger partial charge < -0.3 is 19.9 Å². The summed E-state index contributed by atoms with van der Waals surface area (Å²) in [6.07, 6.45) is 1.51. The van der Waals surface area contributed by atoms with Gasteiger partial charge in [-0.3, -0.25) is 4.79 Å². The molecule has 0 spiro atoms. The number of H-pyrrole nitrogens is 1. The quantitative estimate of drug-likeness (QED) is 0.597. The van der Waals surface area contributed by atoms with Gasteiger partial charge in [0.25, 0.3) is 0 Å². The molecule has 6 heteroatoms. The van der Waals surface area contributed by atoms with Crippen molar-refractivity contribution >= 4 is 22.8 Å². The molecule has 24 heavy (non-hydrogen) atoms. The number of hydrogen-bond acceptors (Lipinski definition) is 4. The maximum atomic E-state index is 13.5. The van der Waals surface area contributed by atoms with Gasteiger partial charge in [-0.15, -0.1) is 0 Å². The number of carbonyl (C=O) groups is 1. The zero-order valence-electron chi connectivity index (χ0n) is 12.6. The summed E-state index contributed by atoms with van der Waals surface area (Å²) in [7, 11) is 0. The Kier molecular flexibility index (Phi) is 2.90. The minimum atomic E-state index is -0.493. The van der Waals surface area contributed by atoms with E-state index >= 15 is 0 Å². The number of hydrogen-bond donors (Lipinski definition) is 3. The molecular weight excluding hydrogens is 313 g/mol. The van der Waals surface area contributed by atoms with E-state index in [4.69, 9.17) is 4.74 Å². The minimum Gasteiger partial charge on any atom is -0.508 e. The molecule has 5 nitrogen and oxygen atoms in total. The number of carbonyl (C=O) groups excluding carboxylic acids is 1. The van der Waals surface area contributed by atoms with E-state index in [2.05, 4.69) is 4.98 Å². The van der Waals surface area contributed by atoms with Crippen LogP contribution in [-0.4, -0.2) is 21.0 Å². The number of aryl methyl sites for hydroxylation is 1. The van der Waals surface area contributed by atoms with Crippen LogP contribution in [0, 0.1) is 12.7 Å². The lowest BCUT2D eigenvalue weighted by Gasteiger charge is -2.00. The van der Waals surface area contributed by atoms with Crippen LogP contribution in [0.5, 0.6) is 17.2 Å². The minimum absolute atomic E-state index is 0.000777. The standard InChI is InChI=1S/C18H12FNO4/c1-8-11(12-4-9(19)2-3-13(12)20-8)7-16-18(23)17-14(22)5-10(21)6-15(17)24-16/h2-7,20-22H,1H3/b16-7+. The van der Waals surface area contributed by atoms with Crippen LogP contribution in [-0.2, 0) is 0 Å². The van der Waals surface area contributed by atoms with Crippen molar-refractivity contribution in [2.75, 3.05) is 0 Å². The Hall–Kier alpha value is -3.28. The fourth-order valence-corrected chi connectivity index (χ4v) is 2.92. The molecule has 0 amide bonds. The van der Waals surface area contributed by atoms with Crippen LogP contribution in [0.15, 0.2) is 36.1 Å². The molecule has 0 fully saturated rings. The first-order valence-corrected chi connectivity index (χ1v) is 7.22. The van der Waals surface area contributed by atoms with Gasteiger partial charge in [0, 0.05) is 34.3 Å². The molecule has 0 atom stereocenters. The number of aromatic nitrogens is 1. The number of phenols is 2. The number of aromatic amines is 1. The van der Waals surface area contributed by atoms with Crippen LogP contribution in [0.1, 0.15) is 21.6 Å². The first kappa shape index (κ1) is 14.3. The fourth-order valence-electron chi connectivity index (χ4n) is 2.92. The number of benzene rings is 2. The van der Waals surface area contributed by atoms with Crippen molar-refractivity contribution in [2.24, 2.45) is 0 Å². The highest BCUT2D eigenvalue weighted by Crippen LogP contribution is 2.41. The molecule has 3 aromatic rings. The third-order valence-corrected chi connectivity index (χ3v) is 4.01. The van der Waals surface area contributed by atoms with Crippen molar-refractivity contribution in [3.8, 4) is 17.2 Å². The Bertz CT molecular complexity index is 1050. The fraction of sp³-hybridized carbons (Fsp3) is 0.0556. The molecule has 1 aromatic heterocycles. The molecule has 1 aliphatic heterocycles. The van der Waals surface area contributed by atoms with Crippen molar-refractivity contribution in [1.29, 1.82) is 0 Å². The molecule has 0 saturated carbocycles. The number of ether oxygens (including phenoxy) is 1. The summed E-state index contributed by atoms with van der Waals surface area (Å²) in [5.41, 5.74) is 2.12. The third kappa shape index (κ3) is 2.04. The van der Waals surface area contributed by atoms with Crippen molar-refractivity contribution in [2.45, 2.75) is 6.92 Å². The predicted molar refractivity (Wildman–Crippen MR) is 85.7 cm³/mol. The van der Waals surface area contributed by atoms with Gasteiger partial charge in [-0.25, -0.2) is 4.39 Å². The molecule has 0 bridgehead atoms. The average molecular weight is 325 g/mol. The predicted octanol–water partition coefficient (Wildman–Crippen LogP) is 3.64. The van der Waals surface area contributed by atoms with Gasteiger partial charge in [-0.2, -0.15) is 0 Å². The van der Waals surface area contributed by atoms with E-state index in [9.17, 15) is 19.4 Å². The summed E-state index contributed by atoms with van der Waals surface area (Å²) < 4.78 is 19.0. The Morgan fingerprint density at radius 2 is 2.00 bits per heavy atom. The van der Waals surface area contributed by atoms with Gasteiger partial charge in [0.1, 0.15) is 28.6 Å². The molecule has 0 unspecified atom stereocenters. The van der Waals surface area contributed by atoms with Crippen molar-refractivity contribution in [3.05, 3.63) is 58.7 Å². The van der Waals surface area contributed by atoms with Crippen LogP contribution >= 0.6 is 0 Å². The lowest BCUT2D eigenvalue weighted by Crippen LogP contribution is -1.98. The number of halogens is 1. The Morgan fingerprint density at radius 1 is 1.21 bits per heavy atom.